The molecule has 5 nitrogen and oxygen atoms in total. The van der Waals surface area contributed by atoms with Crippen LogP contribution in [0.5, 0.6) is 0 Å². The Kier molecular flexibility index (Phi) is 6.35. The molecule has 1 aliphatic carbocycles. The number of carbonyl (C=O) groups is 1. The average Bonchev–Trinajstić information content (AvgIpc) is 3.18. The number of nitrogens with one attached hydrogen (secondary N) is 2. The van der Waals surface area contributed by atoms with Gasteiger partial charge >= 0.3 is 0 Å². The summed E-state index contributed by atoms with van der Waals surface area (Å²) >= 11 is 2.76. The number of aromatic amines is 1. The zero-order valence-electron chi connectivity index (χ0n) is 16.4. The molecule has 0 saturated heterocycles. The molecule has 1 saturated carbocycles. The Bertz CT molecular complexity index is 1040. The van der Waals surface area contributed by atoms with Crippen LogP contribution >= 0.6 is 23.1 Å². The van der Waals surface area contributed by atoms with Crippen molar-refractivity contribution in [2.75, 3.05) is 6.54 Å². The third-order valence-corrected chi connectivity index (χ3v) is 7.31. The molecule has 1 fully saturated rings. The number of nitrogens with zero attached hydrogens (tertiary/aromatic N) is 1. The quantitative estimate of drug-likeness (QED) is 0.436. The van der Waals surface area contributed by atoms with Gasteiger partial charge in [-0.3, -0.25) is 9.59 Å². The molecule has 0 unspecified atom stereocenters. The zero-order chi connectivity index (χ0) is 20.2. The van der Waals surface area contributed by atoms with Crippen molar-refractivity contribution in [1.29, 1.82) is 0 Å². The first-order chi connectivity index (χ1) is 14.1. The maximum atomic E-state index is 12.7. The van der Waals surface area contributed by atoms with Gasteiger partial charge in [-0.15, -0.1) is 11.3 Å². The van der Waals surface area contributed by atoms with Crippen LogP contribution in [0.4, 0.5) is 0 Å². The number of carbonyl (C=O) groups excluding carboxylic acids is 1. The Morgan fingerprint density at radius 1 is 1.28 bits per heavy atom. The van der Waals surface area contributed by atoms with Crippen LogP contribution < -0.4 is 10.9 Å². The molecule has 2 aromatic heterocycles. The molecule has 2 heterocycles. The van der Waals surface area contributed by atoms with Crippen LogP contribution in [0.15, 0.2) is 45.7 Å². The summed E-state index contributed by atoms with van der Waals surface area (Å²) in [7, 11) is 0. The minimum absolute atomic E-state index is 0.000487. The van der Waals surface area contributed by atoms with E-state index < -0.39 is 0 Å². The van der Waals surface area contributed by atoms with E-state index in [2.05, 4.69) is 15.3 Å². The fourth-order valence-electron chi connectivity index (χ4n) is 3.82. The van der Waals surface area contributed by atoms with Gasteiger partial charge < -0.3 is 10.3 Å². The highest BCUT2D eigenvalue weighted by atomic mass is 32.2. The maximum absolute atomic E-state index is 12.7. The molecule has 1 aromatic carbocycles. The molecule has 29 heavy (non-hydrogen) atoms. The van der Waals surface area contributed by atoms with Crippen molar-refractivity contribution in [2.45, 2.75) is 49.4 Å². The Morgan fingerprint density at radius 2 is 2.03 bits per heavy atom. The standard InChI is InChI=1S/C22H25N3O2S2/c1-14(19(26)23-12-15-8-4-2-5-9-15)29-22-24-20(27)18-17(13-28-21(18)25-22)16-10-6-3-7-11-16/h3,6-7,10-11,13-15H,2,4-5,8-9,12H2,1H3,(H,23,26)(H,24,25,27)/t14-/m0/s1. The van der Waals surface area contributed by atoms with E-state index in [1.165, 1.54) is 55.2 Å². The van der Waals surface area contributed by atoms with Crippen molar-refractivity contribution in [3.63, 3.8) is 0 Å². The largest absolute Gasteiger partial charge is 0.355 e. The Hall–Kier alpha value is -2.12. The van der Waals surface area contributed by atoms with Crippen LogP contribution in [0.2, 0.25) is 0 Å². The Balaban J connectivity index is 1.45. The Labute approximate surface area is 178 Å². The number of aromatic nitrogens is 2. The third kappa shape index (κ3) is 4.73. The van der Waals surface area contributed by atoms with E-state index in [-0.39, 0.29) is 16.7 Å². The van der Waals surface area contributed by atoms with Crippen molar-refractivity contribution < 1.29 is 4.79 Å². The van der Waals surface area contributed by atoms with Crippen LogP contribution in [0.1, 0.15) is 39.0 Å². The molecule has 7 heteroatoms. The lowest BCUT2D eigenvalue weighted by molar-refractivity contribution is -0.120. The van der Waals surface area contributed by atoms with Gasteiger partial charge in [0.25, 0.3) is 5.56 Å². The molecule has 152 valence electrons. The van der Waals surface area contributed by atoms with Crippen LogP contribution in [0.25, 0.3) is 21.3 Å². The number of fused-ring (bicyclic) bond motifs is 1. The molecular weight excluding hydrogens is 402 g/mol. The van der Waals surface area contributed by atoms with Gasteiger partial charge in [0.05, 0.1) is 10.6 Å². The third-order valence-electron chi connectivity index (χ3n) is 5.45. The van der Waals surface area contributed by atoms with E-state index >= 15 is 0 Å². The van der Waals surface area contributed by atoms with Crippen molar-refractivity contribution in [3.8, 4) is 11.1 Å². The average molecular weight is 428 g/mol. The Morgan fingerprint density at radius 3 is 2.79 bits per heavy atom. The molecule has 0 bridgehead atoms. The van der Waals surface area contributed by atoms with E-state index in [0.717, 1.165) is 17.7 Å². The first-order valence-electron chi connectivity index (χ1n) is 10.1. The van der Waals surface area contributed by atoms with E-state index in [0.29, 0.717) is 21.3 Å². The van der Waals surface area contributed by atoms with E-state index in [1.807, 2.05) is 42.6 Å². The number of H-pyrrole nitrogens is 1. The second kappa shape index (κ2) is 9.13. The minimum atomic E-state index is -0.312. The summed E-state index contributed by atoms with van der Waals surface area (Å²) in [5.41, 5.74) is 1.74. The smallest absolute Gasteiger partial charge is 0.260 e. The van der Waals surface area contributed by atoms with Gasteiger partial charge in [-0.1, -0.05) is 61.4 Å². The normalized spacial score (nSPS) is 16.0. The number of hydrogen-bond donors (Lipinski definition) is 2. The predicted octanol–water partition coefficient (Wildman–Crippen LogP) is 4.83. The number of benzene rings is 1. The molecule has 1 aliphatic rings. The lowest BCUT2D eigenvalue weighted by Crippen LogP contribution is -2.35. The van der Waals surface area contributed by atoms with Crippen molar-refractivity contribution in [1.82, 2.24) is 15.3 Å². The van der Waals surface area contributed by atoms with Crippen LogP contribution in [-0.4, -0.2) is 27.7 Å². The van der Waals surface area contributed by atoms with Gasteiger partial charge in [0.15, 0.2) is 5.16 Å². The molecule has 1 amide bonds. The van der Waals surface area contributed by atoms with Gasteiger partial charge in [0, 0.05) is 17.5 Å². The van der Waals surface area contributed by atoms with Crippen LogP contribution in [-0.2, 0) is 4.79 Å². The summed E-state index contributed by atoms with van der Waals surface area (Å²) in [5, 5.41) is 5.83. The number of amides is 1. The number of thioether (sulfide) groups is 1. The van der Waals surface area contributed by atoms with E-state index in [9.17, 15) is 9.59 Å². The first kappa shape index (κ1) is 20.2. The maximum Gasteiger partial charge on any atom is 0.260 e. The summed E-state index contributed by atoms with van der Waals surface area (Å²) in [4.78, 5) is 33.4. The lowest BCUT2D eigenvalue weighted by atomic mass is 9.89. The first-order valence-corrected chi connectivity index (χ1v) is 11.9. The molecule has 0 radical (unpaired) electrons. The summed E-state index contributed by atoms with van der Waals surface area (Å²) in [5.74, 6) is 0.598. The fourth-order valence-corrected chi connectivity index (χ4v) is 5.64. The minimum Gasteiger partial charge on any atom is -0.355 e. The molecule has 3 aromatic rings. The van der Waals surface area contributed by atoms with Gasteiger partial charge in [-0.2, -0.15) is 0 Å². The van der Waals surface area contributed by atoms with Crippen molar-refractivity contribution >= 4 is 39.2 Å². The SMILES string of the molecule is C[C@H](Sc1nc2scc(-c3ccccc3)c2c(=O)[nH]1)C(=O)NCC1CCCCC1. The highest BCUT2D eigenvalue weighted by Gasteiger charge is 2.20. The molecule has 2 N–H and O–H groups in total. The molecular formula is C22H25N3O2S2. The van der Waals surface area contributed by atoms with Gasteiger partial charge in [-0.25, -0.2) is 4.98 Å². The monoisotopic (exact) mass is 427 g/mol. The second-order valence-electron chi connectivity index (χ2n) is 7.58. The molecule has 4 rings (SSSR count). The topological polar surface area (TPSA) is 74.8 Å². The summed E-state index contributed by atoms with van der Waals surface area (Å²) in [6.45, 7) is 2.60. The molecule has 0 spiro atoms. The number of hydrogen-bond acceptors (Lipinski definition) is 5. The molecule has 1 atom stereocenters. The summed E-state index contributed by atoms with van der Waals surface area (Å²) in [6.07, 6.45) is 6.25. The molecule has 0 aliphatic heterocycles. The lowest BCUT2D eigenvalue weighted by Gasteiger charge is -2.22. The number of thiophene rings is 1. The highest BCUT2D eigenvalue weighted by molar-refractivity contribution is 8.00. The van der Waals surface area contributed by atoms with Gasteiger partial charge in [0.1, 0.15) is 4.83 Å². The summed E-state index contributed by atoms with van der Waals surface area (Å²) < 4.78 is 0. The summed E-state index contributed by atoms with van der Waals surface area (Å²) in [6, 6.07) is 9.84. The highest BCUT2D eigenvalue weighted by Crippen LogP contribution is 2.32. The van der Waals surface area contributed by atoms with E-state index in [1.54, 1.807) is 0 Å². The van der Waals surface area contributed by atoms with Crippen LogP contribution in [0.3, 0.4) is 0 Å². The van der Waals surface area contributed by atoms with Crippen LogP contribution in [0, 0.1) is 5.92 Å². The number of rotatable bonds is 6. The predicted molar refractivity (Wildman–Crippen MR) is 121 cm³/mol. The fraction of sp³-hybridized carbons (Fsp3) is 0.409. The van der Waals surface area contributed by atoms with Gasteiger partial charge in [0.2, 0.25) is 5.91 Å². The van der Waals surface area contributed by atoms with E-state index in [4.69, 9.17) is 0 Å². The van der Waals surface area contributed by atoms with Crippen molar-refractivity contribution in [3.05, 3.63) is 46.1 Å². The second-order valence-corrected chi connectivity index (χ2v) is 9.76. The zero-order valence-corrected chi connectivity index (χ0v) is 18.1. The van der Waals surface area contributed by atoms with Crippen molar-refractivity contribution in [2.24, 2.45) is 5.92 Å². The van der Waals surface area contributed by atoms with Gasteiger partial charge in [-0.05, 0) is 31.2 Å².